The third kappa shape index (κ3) is 4.52. The number of amides is 1. The lowest BCUT2D eigenvalue weighted by Crippen LogP contribution is -2.41. The van der Waals surface area contributed by atoms with E-state index in [1.54, 1.807) is 0 Å². The van der Waals surface area contributed by atoms with E-state index in [2.05, 4.69) is 10.1 Å². The molecule has 1 amide bonds. The Balaban J connectivity index is 1.58. The molecular weight excluding hydrogens is 478 g/mol. The van der Waals surface area contributed by atoms with Gasteiger partial charge in [0.15, 0.2) is 5.65 Å². The Morgan fingerprint density at radius 1 is 1.21 bits per heavy atom. The summed E-state index contributed by atoms with van der Waals surface area (Å²) in [5, 5.41) is 15.4. The highest BCUT2D eigenvalue weighted by Crippen LogP contribution is 2.33. The minimum absolute atomic E-state index is 0.00940. The van der Waals surface area contributed by atoms with E-state index in [9.17, 15) is 23.1 Å². The molecule has 0 saturated heterocycles. The normalized spacial score (nSPS) is 12.6. The number of hydrogen-bond acceptors (Lipinski definition) is 5. The zero-order valence-electron chi connectivity index (χ0n) is 17.1. The molecule has 0 saturated carbocycles. The molecule has 2 heterocycles. The highest BCUT2D eigenvalue weighted by Gasteiger charge is 2.40. The van der Waals surface area contributed by atoms with Gasteiger partial charge in [0.05, 0.1) is 17.1 Å². The fourth-order valence-corrected chi connectivity index (χ4v) is 3.59. The van der Waals surface area contributed by atoms with Gasteiger partial charge in [-0.1, -0.05) is 23.7 Å². The van der Waals surface area contributed by atoms with Gasteiger partial charge in [-0.15, -0.1) is 5.10 Å². The molecule has 4 aromatic rings. The molecule has 0 spiro atoms. The fourth-order valence-electron chi connectivity index (χ4n) is 3.35. The first-order chi connectivity index (χ1) is 16.1. The number of hydrogen-bond donors (Lipinski definition) is 3. The van der Waals surface area contributed by atoms with Crippen molar-refractivity contribution in [3.8, 4) is 11.1 Å². The molecule has 2 aromatic heterocycles. The molecule has 0 unspecified atom stereocenters. The van der Waals surface area contributed by atoms with E-state index >= 15 is 4.39 Å². The summed E-state index contributed by atoms with van der Waals surface area (Å²) in [6.07, 6.45) is -0.923. The van der Waals surface area contributed by atoms with Crippen LogP contribution in [0.15, 0.2) is 54.7 Å². The number of aliphatic hydroxyl groups excluding tert-OH is 1. The molecular formula is C22H16ClF4N5O2. The van der Waals surface area contributed by atoms with Crippen LogP contribution < -0.4 is 11.1 Å². The number of halogens is 5. The minimum atomic E-state index is -3.89. The number of aromatic nitrogens is 3. The van der Waals surface area contributed by atoms with Crippen molar-refractivity contribution in [3.63, 3.8) is 0 Å². The van der Waals surface area contributed by atoms with Gasteiger partial charge in [0.2, 0.25) is 5.95 Å². The van der Waals surface area contributed by atoms with Crippen molar-refractivity contribution in [1.29, 1.82) is 0 Å². The second-order valence-corrected chi connectivity index (χ2v) is 7.78. The lowest BCUT2D eigenvalue weighted by atomic mass is 10.0. The average molecular weight is 494 g/mol. The molecule has 7 nitrogen and oxygen atoms in total. The highest BCUT2D eigenvalue weighted by atomic mass is 35.5. The predicted octanol–water partition coefficient (Wildman–Crippen LogP) is 4.01. The van der Waals surface area contributed by atoms with Gasteiger partial charge in [0.1, 0.15) is 17.7 Å². The van der Waals surface area contributed by atoms with Gasteiger partial charge < -0.3 is 16.2 Å². The first-order valence-electron chi connectivity index (χ1n) is 9.76. The molecule has 0 aliphatic heterocycles. The van der Waals surface area contributed by atoms with Gasteiger partial charge in [-0.3, -0.25) is 4.79 Å². The number of aliphatic hydroxyl groups is 1. The van der Waals surface area contributed by atoms with Crippen LogP contribution in [0.1, 0.15) is 22.0 Å². The van der Waals surface area contributed by atoms with Crippen LogP contribution in [-0.4, -0.2) is 38.1 Å². The molecule has 12 heteroatoms. The van der Waals surface area contributed by atoms with E-state index in [0.29, 0.717) is 11.2 Å². The first kappa shape index (κ1) is 23.5. The van der Waals surface area contributed by atoms with Crippen molar-refractivity contribution in [2.75, 3.05) is 12.3 Å². The topological polar surface area (TPSA) is 106 Å². The summed E-state index contributed by atoms with van der Waals surface area (Å²) in [5.74, 6) is -6.95. The van der Waals surface area contributed by atoms with Crippen LogP contribution in [-0.2, 0) is 0 Å². The van der Waals surface area contributed by atoms with Crippen molar-refractivity contribution in [3.05, 3.63) is 82.5 Å². The summed E-state index contributed by atoms with van der Waals surface area (Å²) in [6.45, 7) is -1.35. The van der Waals surface area contributed by atoms with Gasteiger partial charge in [-0.25, -0.2) is 22.1 Å². The van der Waals surface area contributed by atoms with Crippen LogP contribution in [0.3, 0.4) is 0 Å². The van der Waals surface area contributed by atoms with Crippen molar-refractivity contribution in [2.45, 2.75) is 12.0 Å². The summed E-state index contributed by atoms with van der Waals surface area (Å²) in [6, 6.07) is 9.60. The molecule has 34 heavy (non-hydrogen) atoms. The molecule has 0 fully saturated rings. The smallest absolute Gasteiger partial charge is 0.294 e. The number of nitrogens with two attached hydrogens (primary N) is 1. The Morgan fingerprint density at radius 3 is 2.71 bits per heavy atom. The van der Waals surface area contributed by atoms with E-state index in [-0.39, 0.29) is 22.1 Å². The maximum absolute atomic E-state index is 15.3. The summed E-state index contributed by atoms with van der Waals surface area (Å²) < 4.78 is 58.9. The second kappa shape index (κ2) is 8.92. The number of carbonyl (C=O) groups is 1. The molecule has 2 aromatic carbocycles. The Hall–Kier alpha value is -3.70. The SMILES string of the molecule is Nc1nc2cc(-c3ccc(Cl)c(C(=O)NCC(F)(F)[C@@H](O)c4cccc(F)c4)c3F)ccn2n1. The number of carbonyl (C=O) groups excluding carboxylic acids is 1. The minimum Gasteiger partial charge on any atom is -0.382 e. The number of nitrogens with one attached hydrogen (secondary N) is 1. The fraction of sp³-hybridized carbons (Fsp3) is 0.136. The molecule has 0 radical (unpaired) electrons. The zero-order valence-corrected chi connectivity index (χ0v) is 17.9. The quantitative estimate of drug-likeness (QED) is 0.352. The van der Waals surface area contributed by atoms with Crippen molar-refractivity contribution in [2.24, 2.45) is 0 Å². The Bertz CT molecular complexity index is 1400. The van der Waals surface area contributed by atoms with E-state index in [0.717, 1.165) is 24.3 Å². The largest absolute Gasteiger partial charge is 0.382 e. The Morgan fingerprint density at radius 2 is 1.97 bits per heavy atom. The third-order valence-corrected chi connectivity index (χ3v) is 5.35. The zero-order chi connectivity index (χ0) is 24.6. The Kier molecular flexibility index (Phi) is 6.15. The number of anilines is 1. The van der Waals surface area contributed by atoms with Crippen molar-refractivity contribution >= 4 is 29.1 Å². The lowest BCUT2D eigenvalue weighted by molar-refractivity contribution is -0.106. The van der Waals surface area contributed by atoms with Gasteiger partial charge in [0.25, 0.3) is 11.8 Å². The average Bonchev–Trinajstić information content (AvgIpc) is 3.16. The van der Waals surface area contributed by atoms with Crippen LogP contribution in [0.4, 0.5) is 23.5 Å². The molecule has 0 bridgehead atoms. The highest BCUT2D eigenvalue weighted by molar-refractivity contribution is 6.34. The lowest BCUT2D eigenvalue weighted by Gasteiger charge is -2.23. The number of pyridine rings is 1. The standard InChI is InChI=1S/C22H16ClF4N5O2/c23-15-5-4-14(11-6-7-32-16(9-11)30-21(28)31-32)18(25)17(15)20(34)29-10-22(26,27)19(33)12-2-1-3-13(24)8-12/h1-9,19,33H,10H2,(H2,28,31)(H,29,34)/t19-/m0/s1. The third-order valence-electron chi connectivity index (χ3n) is 5.03. The molecule has 0 aliphatic rings. The van der Waals surface area contributed by atoms with Gasteiger partial charge in [-0.2, -0.15) is 4.98 Å². The van der Waals surface area contributed by atoms with E-state index in [1.807, 2.05) is 5.32 Å². The summed E-state index contributed by atoms with van der Waals surface area (Å²) >= 11 is 5.99. The summed E-state index contributed by atoms with van der Waals surface area (Å²) in [7, 11) is 0. The van der Waals surface area contributed by atoms with E-state index in [4.69, 9.17) is 17.3 Å². The molecule has 4 rings (SSSR count). The molecule has 176 valence electrons. The van der Waals surface area contributed by atoms with Crippen molar-refractivity contribution in [1.82, 2.24) is 19.9 Å². The van der Waals surface area contributed by atoms with Crippen LogP contribution in [0.25, 0.3) is 16.8 Å². The number of nitrogens with zero attached hydrogens (tertiary/aromatic N) is 3. The molecule has 1 atom stereocenters. The van der Waals surface area contributed by atoms with E-state index < -0.39 is 41.7 Å². The predicted molar refractivity (Wildman–Crippen MR) is 116 cm³/mol. The number of fused-ring (bicyclic) bond motifs is 1. The number of nitrogen functional groups attached to an aromatic ring is 1. The van der Waals surface area contributed by atoms with Gasteiger partial charge >= 0.3 is 0 Å². The van der Waals surface area contributed by atoms with Crippen LogP contribution in [0.2, 0.25) is 5.02 Å². The number of benzene rings is 2. The van der Waals surface area contributed by atoms with Crippen molar-refractivity contribution < 1.29 is 27.5 Å². The molecule has 0 aliphatic carbocycles. The van der Waals surface area contributed by atoms with Crippen LogP contribution in [0.5, 0.6) is 0 Å². The second-order valence-electron chi connectivity index (χ2n) is 7.37. The van der Waals surface area contributed by atoms with Crippen LogP contribution >= 0.6 is 11.6 Å². The van der Waals surface area contributed by atoms with Crippen LogP contribution in [0, 0.1) is 11.6 Å². The Labute approximate surface area is 194 Å². The number of alkyl halides is 2. The van der Waals surface area contributed by atoms with Gasteiger partial charge in [0, 0.05) is 11.8 Å². The maximum atomic E-state index is 15.3. The van der Waals surface area contributed by atoms with Gasteiger partial charge in [-0.05, 0) is 47.5 Å². The maximum Gasteiger partial charge on any atom is 0.294 e. The summed E-state index contributed by atoms with van der Waals surface area (Å²) in [4.78, 5) is 16.6. The first-order valence-corrected chi connectivity index (χ1v) is 10.1. The summed E-state index contributed by atoms with van der Waals surface area (Å²) in [5.41, 5.74) is 5.10. The van der Waals surface area contributed by atoms with E-state index in [1.165, 1.54) is 35.0 Å². The monoisotopic (exact) mass is 493 g/mol. The number of rotatable bonds is 6. The molecule has 4 N–H and O–H groups in total.